The Hall–Kier alpha value is -0.850. The molecule has 102 valence electrons. The third-order valence-electron chi connectivity index (χ3n) is 2.23. The van der Waals surface area contributed by atoms with E-state index in [-0.39, 0.29) is 0 Å². The molecule has 0 bridgehead atoms. The smallest absolute Gasteiger partial charge is 0.347 e. The zero-order valence-electron chi connectivity index (χ0n) is 10.3. The molecular weight excluding hydrogens is 311 g/mol. The highest BCUT2D eigenvalue weighted by Crippen LogP contribution is 2.23. The summed E-state index contributed by atoms with van der Waals surface area (Å²) >= 11 is 3.19. The van der Waals surface area contributed by atoms with Crippen LogP contribution in [-0.2, 0) is 6.42 Å². The fourth-order valence-electron chi connectivity index (χ4n) is 1.53. The van der Waals surface area contributed by atoms with E-state index >= 15 is 0 Å². The third kappa shape index (κ3) is 4.80. The lowest BCUT2D eigenvalue weighted by atomic mass is 10.3. The van der Waals surface area contributed by atoms with Gasteiger partial charge in [0.15, 0.2) is 0 Å². The van der Waals surface area contributed by atoms with Crippen molar-refractivity contribution in [3.8, 4) is 0 Å². The van der Waals surface area contributed by atoms with Gasteiger partial charge in [0.05, 0.1) is 0 Å². The number of aromatic nitrogens is 2. The van der Waals surface area contributed by atoms with E-state index in [4.69, 9.17) is 0 Å². The van der Waals surface area contributed by atoms with Crippen molar-refractivity contribution in [2.75, 3.05) is 18.0 Å². The highest BCUT2D eigenvalue weighted by molar-refractivity contribution is 9.10. The first kappa shape index (κ1) is 15.2. The Balaban J connectivity index is 3.01. The van der Waals surface area contributed by atoms with Crippen LogP contribution in [0.25, 0.3) is 0 Å². The zero-order chi connectivity index (χ0) is 13.8. The van der Waals surface area contributed by atoms with Crippen molar-refractivity contribution in [2.24, 2.45) is 0 Å². The summed E-state index contributed by atoms with van der Waals surface area (Å²) in [5, 5.41) is 0. The van der Waals surface area contributed by atoms with Gasteiger partial charge in [-0.05, 0) is 22.4 Å². The monoisotopic (exact) mass is 325 g/mol. The van der Waals surface area contributed by atoms with E-state index in [9.17, 15) is 13.2 Å². The van der Waals surface area contributed by atoms with E-state index < -0.39 is 12.7 Å². The standard InChI is InChI=1S/C11H15BrF3N3/c1-3-5-18(7-11(13,14)15)10-6-8(12)16-9(4-2)17-10/h6H,3-5,7H2,1-2H3. The molecule has 1 aromatic heterocycles. The molecule has 1 rings (SSSR count). The van der Waals surface area contributed by atoms with Crippen LogP contribution < -0.4 is 4.90 Å². The molecule has 3 nitrogen and oxygen atoms in total. The van der Waals surface area contributed by atoms with Gasteiger partial charge in [-0.25, -0.2) is 9.97 Å². The summed E-state index contributed by atoms with van der Waals surface area (Å²) in [5.74, 6) is 0.843. The quantitative estimate of drug-likeness (QED) is 0.775. The molecule has 0 unspecified atom stereocenters. The Morgan fingerprint density at radius 1 is 1.28 bits per heavy atom. The predicted octanol–water partition coefficient (Wildman–Crippen LogP) is 3.58. The Morgan fingerprint density at radius 3 is 2.44 bits per heavy atom. The third-order valence-corrected chi connectivity index (χ3v) is 2.64. The first-order chi connectivity index (χ1) is 8.35. The average Bonchev–Trinajstić information content (AvgIpc) is 2.26. The lowest BCUT2D eigenvalue weighted by molar-refractivity contribution is -0.119. The summed E-state index contributed by atoms with van der Waals surface area (Å²) in [6.45, 7) is 3.01. The summed E-state index contributed by atoms with van der Waals surface area (Å²) in [6, 6.07) is 1.51. The molecule has 0 aliphatic heterocycles. The minimum absolute atomic E-state index is 0.312. The van der Waals surface area contributed by atoms with Crippen molar-refractivity contribution in [3.05, 3.63) is 16.5 Å². The maximum Gasteiger partial charge on any atom is 0.405 e. The second kappa shape index (κ2) is 6.36. The summed E-state index contributed by atoms with van der Waals surface area (Å²) in [5.41, 5.74) is 0. The number of alkyl halides is 3. The lowest BCUT2D eigenvalue weighted by Gasteiger charge is -2.24. The van der Waals surface area contributed by atoms with Gasteiger partial charge in [0, 0.05) is 19.0 Å². The predicted molar refractivity (Wildman–Crippen MR) is 67.7 cm³/mol. The molecule has 0 atom stereocenters. The van der Waals surface area contributed by atoms with Gasteiger partial charge in [-0.1, -0.05) is 13.8 Å². The van der Waals surface area contributed by atoms with Gasteiger partial charge < -0.3 is 4.90 Å². The van der Waals surface area contributed by atoms with Crippen LogP contribution in [0, 0.1) is 0 Å². The maximum absolute atomic E-state index is 12.5. The fourth-order valence-corrected chi connectivity index (χ4v) is 1.94. The van der Waals surface area contributed by atoms with Crippen molar-refractivity contribution in [2.45, 2.75) is 32.9 Å². The number of halogens is 4. The van der Waals surface area contributed by atoms with E-state index in [0.29, 0.717) is 35.6 Å². The van der Waals surface area contributed by atoms with Crippen molar-refractivity contribution < 1.29 is 13.2 Å². The van der Waals surface area contributed by atoms with Crippen LogP contribution in [0.1, 0.15) is 26.1 Å². The number of nitrogens with zero attached hydrogens (tertiary/aromatic N) is 3. The molecule has 0 amide bonds. The molecule has 0 aliphatic carbocycles. The van der Waals surface area contributed by atoms with Gasteiger partial charge in [-0.3, -0.25) is 0 Å². The molecule has 1 heterocycles. The van der Waals surface area contributed by atoms with E-state index in [1.165, 1.54) is 11.0 Å². The molecule has 7 heteroatoms. The summed E-state index contributed by atoms with van der Waals surface area (Å²) in [6.07, 6.45) is -3.03. The SMILES string of the molecule is CCCN(CC(F)(F)F)c1cc(Br)nc(CC)n1. The molecule has 0 radical (unpaired) electrons. The van der Waals surface area contributed by atoms with E-state index in [2.05, 4.69) is 25.9 Å². The number of hydrogen-bond acceptors (Lipinski definition) is 3. The van der Waals surface area contributed by atoms with Crippen LogP contribution in [0.4, 0.5) is 19.0 Å². The van der Waals surface area contributed by atoms with Crippen molar-refractivity contribution in [1.29, 1.82) is 0 Å². The molecule has 0 N–H and O–H groups in total. The van der Waals surface area contributed by atoms with Gasteiger partial charge in [-0.2, -0.15) is 13.2 Å². The van der Waals surface area contributed by atoms with Crippen molar-refractivity contribution in [1.82, 2.24) is 9.97 Å². The van der Waals surface area contributed by atoms with Crippen LogP contribution >= 0.6 is 15.9 Å². The highest BCUT2D eigenvalue weighted by Gasteiger charge is 2.31. The van der Waals surface area contributed by atoms with Gasteiger partial charge in [0.1, 0.15) is 22.8 Å². The molecule has 1 aromatic rings. The Kier molecular flexibility index (Phi) is 5.37. The van der Waals surface area contributed by atoms with Gasteiger partial charge in [0.25, 0.3) is 0 Å². The molecule has 0 aliphatic rings. The Morgan fingerprint density at radius 2 is 1.94 bits per heavy atom. The summed E-state index contributed by atoms with van der Waals surface area (Å²) in [7, 11) is 0. The van der Waals surface area contributed by atoms with E-state index in [1.54, 1.807) is 0 Å². The van der Waals surface area contributed by atoms with E-state index in [1.807, 2.05) is 13.8 Å². The van der Waals surface area contributed by atoms with Crippen molar-refractivity contribution >= 4 is 21.7 Å². The summed E-state index contributed by atoms with van der Waals surface area (Å²) in [4.78, 5) is 9.46. The zero-order valence-corrected chi connectivity index (χ0v) is 11.8. The molecular formula is C11H15BrF3N3. The molecule has 0 saturated heterocycles. The minimum atomic E-state index is -4.24. The average molecular weight is 326 g/mol. The molecule has 18 heavy (non-hydrogen) atoms. The molecule has 0 spiro atoms. The van der Waals surface area contributed by atoms with Gasteiger partial charge >= 0.3 is 6.18 Å². The number of aryl methyl sites for hydroxylation is 1. The number of anilines is 1. The van der Waals surface area contributed by atoms with Crippen LogP contribution in [0.3, 0.4) is 0 Å². The summed E-state index contributed by atoms with van der Waals surface area (Å²) < 4.78 is 38.0. The van der Waals surface area contributed by atoms with Crippen molar-refractivity contribution in [3.63, 3.8) is 0 Å². The van der Waals surface area contributed by atoms with Gasteiger partial charge in [-0.15, -0.1) is 0 Å². The Bertz CT molecular complexity index is 396. The fraction of sp³-hybridized carbons (Fsp3) is 0.636. The number of hydrogen-bond donors (Lipinski definition) is 0. The minimum Gasteiger partial charge on any atom is -0.347 e. The largest absolute Gasteiger partial charge is 0.405 e. The number of rotatable bonds is 5. The lowest BCUT2D eigenvalue weighted by Crippen LogP contribution is -2.35. The highest BCUT2D eigenvalue weighted by atomic mass is 79.9. The molecule has 0 fully saturated rings. The topological polar surface area (TPSA) is 29.0 Å². The van der Waals surface area contributed by atoms with Crippen LogP contribution in [0.2, 0.25) is 0 Å². The molecule has 0 saturated carbocycles. The Labute approximate surface area is 113 Å². The van der Waals surface area contributed by atoms with E-state index in [0.717, 1.165) is 0 Å². The van der Waals surface area contributed by atoms with Crippen LogP contribution in [0.5, 0.6) is 0 Å². The second-order valence-corrected chi connectivity index (χ2v) is 4.67. The molecule has 0 aromatic carbocycles. The van der Waals surface area contributed by atoms with Crippen LogP contribution in [-0.4, -0.2) is 29.2 Å². The van der Waals surface area contributed by atoms with Gasteiger partial charge in [0.2, 0.25) is 0 Å². The maximum atomic E-state index is 12.5. The van der Waals surface area contributed by atoms with Crippen LogP contribution in [0.15, 0.2) is 10.7 Å². The first-order valence-electron chi connectivity index (χ1n) is 5.71. The normalized spacial score (nSPS) is 11.7. The first-order valence-corrected chi connectivity index (χ1v) is 6.50. The second-order valence-electron chi connectivity index (χ2n) is 3.86.